The van der Waals surface area contributed by atoms with Crippen molar-refractivity contribution in [1.82, 2.24) is 56.7 Å². The van der Waals surface area contributed by atoms with Gasteiger partial charge in [0.2, 0.25) is 23.7 Å². The van der Waals surface area contributed by atoms with E-state index in [1.807, 2.05) is 48.5 Å². The van der Waals surface area contributed by atoms with Crippen molar-refractivity contribution in [1.29, 1.82) is 10.8 Å². The number of rotatable bonds is 52. The van der Waals surface area contributed by atoms with Crippen LogP contribution >= 0.6 is 23.2 Å². The number of ether oxygens (including phenoxy) is 12. The summed E-state index contributed by atoms with van der Waals surface area (Å²) in [6.45, 7) is 9.05. The molecule has 0 spiro atoms. The fourth-order valence-corrected chi connectivity index (χ4v) is 9.22. The van der Waals surface area contributed by atoms with Gasteiger partial charge in [-0.3, -0.25) is 35.9 Å². The first-order chi connectivity index (χ1) is 48.7. The van der Waals surface area contributed by atoms with Crippen LogP contribution in [0.2, 0.25) is 10.0 Å². The highest BCUT2D eigenvalue weighted by Gasteiger charge is 2.16. The van der Waals surface area contributed by atoms with Gasteiger partial charge < -0.3 is 100 Å². The fraction of sp³-hybridized carbons (Fsp3) is 0.477. The Morgan fingerprint density at radius 1 is 0.400 bits per heavy atom. The Morgan fingerprint density at radius 2 is 0.700 bits per heavy atom. The van der Waals surface area contributed by atoms with Gasteiger partial charge in [0, 0.05) is 71.2 Å². The minimum absolute atomic E-state index is 0.0201. The molecule has 0 atom stereocenters. The summed E-state index contributed by atoms with van der Waals surface area (Å²) in [4.78, 5) is 68.4. The van der Waals surface area contributed by atoms with E-state index < -0.39 is 0 Å². The zero-order valence-electron chi connectivity index (χ0n) is 56.0. The van der Waals surface area contributed by atoms with Gasteiger partial charge in [-0.25, -0.2) is 29.5 Å². The van der Waals surface area contributed by atoms with E-state index in [0.29, 0.717) is 189 Å². The summed E-state index contributed by atoms with van der Waals surface area (Å²) in [5.74, 6) is 0.554. The van der Waals surface area contributed by atoms with Crippen molar-refractivity contribution in [2.45, 2.75) is 0 Å². The number of carbonyl (C=O) groups is 4. The Hall–Kier alpha value is -8.68. The first kappa shape index (κ1) is 80.3. The van der Waals surface area contributed by atoms with Crippen LogP contribution in [0.1, 0.15) is 0 Å². The lowest BCUT2D eigenvalue weighted by Crippen LogP contribution is -2.42. The number of benzene rings is 4. The van der Waals surface area contributed by atoms with Gasteiger partial charge in [0.15, 0.2) is 11.9 Å². The highest BCUT2D eigenvalue weighted by atomic mass is 35.5. The van der Waals surface area contributed by atoms with E-state index in [0.717, 1.165) is 21.9 Å². The number of halogens is 2. The lowest BCUT2D eigenvalue weighted by molar-refractivity contribution is -0.124. The first-order valence-corrected chi connectivity index (χ1v) is 33.1. The van der Waals surface area contributed by atoms with E-state index in [1.165, 1.54) is 0 Å². The van der Waals surface area contributed by atoms with Gasteiger partial charge in [-0.05, 0) is 67.7 Å². The molecule has 100 heavy (non-hydrogen) atoms. The average Bonchev–Trinajstić information content (AvgIpc) is 0.793. The van der Waals surface area contributed by atoms with Crippen LogP contribution in [0.5, 0.6) is 11.5 Å². The van der Waals surface area contributed by atoms with Gasteiger partial charge in [0.05, 0.1) is 168 Å². The number of hydrogen-bond acceptors (Lipinski definition) is 23. The standard InChI is InChI=1S/C65H91Cl2N17O16/c1-84(44-56(85)72-12-18-89-24-26-91-20-14-74-64(87)76-16-22-93-28-30-95-32-34-97-36-38-99-50-6-2-4-46(40-50)58-52-42-48(66)8-10-54(52)78-62(80-58)82-60(68)69)45-57(86)73-13-19-90-25-27-92-21-15-75-65(88)77-17-23-94-29-31-96-33-35-98-37-39-100-51-7-3-5-47(41-51)59-53-43-49(67)9-11-55(53)79-63(81-59)83-61(70)71/h2-11,40-43H,12-39,44-45H2,1H3,(H,72,85)(H,73,86)(H2,74,76,87)(H2,75,77,88)(H4,68,69,78,80,82)(H4,70,71,79,81,83). The van der Waals surface area contributed by atoms with Crippen LogP contribution in [-0.2, 0) is 57.0 Å². The predicted molar refractivity (Wildman–Crippen MR) is 377 cm³/mol. The predicted octanol–water partition coefficient (Wildman–Crippen LogP) is 3.21. The normalized spacial score (nSPS) is 11.2. The van der Waals surface area contributed by atoms with Gasteiger partial charge >= 0.3 is 12.1 Å². The summed E-state index contributed by atoms with van der Waals surface area (Å²) < 4.78 is 67.2. The van der Waals surface area contributed by atoms with Crippen molar-refractivity contribution in [2.75, 3.05) is 215 Å². The van der Waals surface area contributed by atoms with Crippen molar-refractivity contribution in [3.05, 3.63) is 95.0 Å². The van der Waals surface area contributed by atoms with Gasteiger partial charge in [-0.2, -0.15) is 0 Å². The second-order valence-corrected chi connectivity index (χ2v) is 22.2. The molecule has 33 nitrogen and oxygen atoms in total. The number of guanidine groups is 2. The van der Waals surface area contributed by atoms with Crippen LogP contribution in [0.25, 0.3) is 44.3 Å². The summed E-state index contributed by atoms with van der Waals surface area (Å²) in [5, 5.41) is 39.3. The Kier molecular flexibility index (Phi) is 38.7. The Labute approximate surface area is 589 Å². The molecule has 6 rings (SSSR count). The summed E-state index contributed by atoms with van der Waals surface area (Å²) in [5.41, 5.74) is 15.0. The molecule has 0 saturated heterocycles. The van der Waals surface area contributed by atoms with Crippen LogP contribution in [0.3, 0.4) is 0 Å². The number of hydrogen-bond donors (Lipinski definition) is 12. The summed E-state index contributed by atoms with van der Waals surface area (Å²) in [6.07, 6.45) is 0. The number of likely N-dealkylation sites (N-methyl/N-ethyl adjacent to an activating group) is 1. The molecule has 0 fully saturated rings. The largest absolute Gasteiger partial charge is 0.491 e. The second kappa shape index (κ2) is 48.2. The summed E-state index contributed by atoms with van der Waals surface area (Å²) in [6, 6.07) is 24.7. The fourth-order valence-electron chi connectivity index (χ4n) is 8.88. The Morgan fingerprint density at radius 3 is 1.02 bits per heavy atom. The molecule has 14 N–H and O–H groups in total. The molecular formula is C65H91Cl2N17O16. The van der Waals surface area contributed by atoms with E-state index >= 15 is 0 Å². The van der Waals surface area contributed by atoms with Crippen molar-refractivity contribution >= 4 is 92.7 Å². The Balaban J connectivity index is 0.615. The number of nitrogens with zero attached hydrogens (tertiary/aromatic N) is 5. The van der Waals surface area contributed by atoms with Crippen LogP contribution in [0, 0.1) is 10.8 Å². The van der Waals surface area contributed by atoms with E-state index in [9.17, 15) is 19.2 Å². The third-order valence-corrected chi connectivity index (χ3v) is 13.8. The van der Waals surface area contributed by atoms with Crippen molar-refractivity contribution in [3.8, 4) is 34.0 Å². The van der Waals surface area contributed by atoms with Crippen LogP contribution in [0.15, 0.2) is 84.9 Å². The number of carbonyl (C=O) groups excluding carboxylic acids is 4. The highest BCUT2D eigenvalue weighted by Crippen LogP contribution is 2.33. The maximum absolute atomic E-state index is 12.3. The lowest BCUT2D eigenvalue weighted by atomic mass is 10.1. The molecule has 35 heteroatoms. The van der Waals surface area contributed by atoms with E-state index in [-0.39, 0.29) is 100 Å². The van der Waals surface area contributed by atoms with Gasteiger partial charge in [0.1, 0.15) is 24.7 Å². The Bertz CT molecular complexity index is 3240. The quantitative estimate of drug-likeness (QED) is 0.0148. The molecule has 2 heterocycles. The van der Waals surface area contributed by atoms with Crippen molar-refractivity contribution in [3.63, 3.8) is 0 Å². The number of aromatic nitrogens is 4. The number of urea groups is 2. The number of amides is 6. The topological polar surface area (TPSA) is 430 Å². The number of nitrogens with one attached hydrogen (secondary N) is 10. The van der Waals surface area contributed by atoms with Crippen LogP contribution in [0.4, 0.5) is 21.5 Å². The highest BCUT2D eigenvalue weighted by molar-refractivity contribution is 6.32. The van der Waals surface area contributed by atoms with Crippen LogP contribution in [-0.4, -0.2) is 265 Å². The first-order valence-electron chi connectivity index (χ1n) is 32.3. The molecule has 0 aliphatic rings. The van der Waals surface area contributed by atoms with Crippen molar-refractivity contribution < 1.29 is 76.0 Å². The number of anilines is 2. The van der Waals surface area contributed by atoms with Gasteiger partial charge in [0.25, 0.3) is 0 Å². The second-order valence-electron chi connectivity index (χ2n) is 21.3. The molecule has 546 valence electrons. The molecule has 0 bridgehead atoms. The maximum atomic E-state index is 12.3. The molecule has 0 aliphatic carbocycles. The molecule has 0 aliphatic heterocycles. The molecule has 6 amide bonds. The number of fused-ring (bicyclic) bond motifs is 2. The molecule has 0 saturated carbocycles. The van der Waals surface area contributed by atoms with E-state index in [2.05, 4.69) is 62.5 Å². The third-order valence-electron chi connectivity index (χ3n) is 13.3. The van der Waals surface area contributed by atoms with Crippen molar-refractivity contribution in [2.24, 2.45) is 11.5 Å². The monoisotopic (exact) mass is 1440 g/mol. The minimum Gasteiger partial charge on any atom is -0.491 e. The summed E-state index contributed by atoms with van der Waals surface area (Å²) >= 11 is 12.5. The molecule has 2 aromatic heterocycles. The summed E-state index contributed by atoms with van der Waals surface area (Å²) in [7, 11) is 1.66. The number of nitrogens with two attached hydrogens (primary N) is 2. The smallest absolute Gasteiger partial charge is 0.314 e. The minimum atomic E-state index is -0.347. The zero-order chi connectivity index (χ0) is 71.2. The average molecular weight is 1440 g/mol. The molecular weight excluding hydrogens is 1350 g/mol. The molecule has 6 aromatic rings. The SMILES string of the molecule is CN(CC(=O)NCCOCCOCCNC(=O)NCCOCCOCCOCCOc1cccc(-c2nc(NC(=N)N)nc3ccc(Cl)cc23)c1)CC(=O)NCCOCCOCCNC(=O)NCCOCCOCCOCCOc1cccc(-c2nc(NC(=N)N)nc3ccc(Cl)cc23)c1. The van der Waals surface area contributed by atoms with Gasteiger partial charge in [-0.15, -0.1) is 0 Å². The molecule has 4 aromatic carbocycles. The van der Waals surface area contributed by atoms with E-state index in [4.69, 9.17) is 102 Å². The zero-order valence-corrected chi connectivity index (χ0v) is 57.5. The third kappa shape index (κ3) is 33.9. The van der Waals surface area contributed by atoms with E-state index in [1.54, 1.807) is 48.3 Å². The molecule has 0 unspecified atom stereocenters. The van der Waals surface area contributed by atoms with Crippen LogP contribution < -0.4 is 63.5 Å². The van der Waals surface area contributed by atoms with Gasteiger partial charge in [-0.1, -0.05) is 47.5 Å². The maximum Gasteiger partial charge on any atom is 0.314 e. The lowest BCUT2D eigenvalue weighted by Gasteiger charge is -2.16. The molecule has 0 radical (unpaired) electrons.